The van der Waals surface area contributed by atoms with Gasteiger partial charge in [-0.1, -0.05) is 6.07 Å². The number of hydrogen-bond donors (Lipinski definition) is 1. The van der Waals surface area contributed by atoms with E-state index < -0.39 is 11.2 Å². The van der Waals surface area contributed by atoms with Gasteiger partial charge >= 0.3 is 5.69 Å². The lowest BCUT2D eigenvalue weighted by Crippen LogP contribution is -2.31. The second kappa shape index (κ2) is 6.03. The van der Waals surface area contributed by atoms with Crippen molar-refractivity contribution in [3.63, 3.8) is 0 Å². The van der Waals surface area contributed by atoms with Crippen LogP contribution in [0.15, 0.2) is 37.8 Å². The van der Waals surface area contributed by atoms with Gasteiger partial charge in [-0.15, -0.1) is 0 Å². The average Bonchev–Trinajstić information content (AvgIpc) is 3.54. The maximum absolute atomic E-state index is 12.6. The molecule has 0 radical (unpaired) electrons. The first kappa shape index (κ1) is 16.2. The van der Waals surface area contributed by atoms with Crippen molar-refractivity contribution < 1.29 is 0 Å². The molecular formula is C18H14N6O2S. The Balaban J connectivity index is 1.75. The summed E-state index contributed by atoms with van der Waals surface area (Å²) in [5, 5.41) is 10.4. The molecule has 1 N–H and O–H groups in total. The van der Waals surface area contributed by atoms with Gasteiger partial charge in [0.25, 0.3) is 5.56 Å². The molecule has 0 saturated heterocycles. The number of H-pyrrole nitrogens is 1. The highest BCUT2D eigenvalue weighted by atomic mass is 32.2. The molecule has 8 nitrogen and oxygen atoms in total. The number of rotatable bonds is 4. The van der Waals surface area contributed by atoms with E-state index in [0.717, 1.165) is 25.7 Å². The zero-order chi connectivity index (χ0) is 18.5. The van der Waals surface area contributed by atoms with Crippen LogP contribution >= 0.6 is 11.8 Å². The molecule has 134 valence electrons. The van der Waals surface area contributed by atoms with Gasteiger partial charge < -0.3 is 0 Å². The molecule has 3 heterocycles. The molecule has 2 aliphatic rings. The topological polar surface area (TPSA) is 117 Å². The van der Waals surface area contributed by atoms with E-state index in [0.29, 0.717) is 32.6 Å². The summed E-state index contributed by atoms with van der Waals surface area (Å²) >= 11 is 1.22. The van der Waals surface area contributed by atoms with Crippen molar-refractivity contribution in [3.8, 4) is 6.07 Å². The first-order valence-electron chi connectivity index (χ1n) is 8.75. The quantitative estimate of drug-likeness (QED) is 0.691. The molecule has 0 aromatic carbocycles. The predicted molar refractivity (Wildman–Crippen MR) is 97.7 cm³/mol. The van der Waals surface area contributed by atoms with Crippen molar-refractivity contribution in [2.75, 3.05) is 0 Å². The molecule has 0 amide bonds. The highest BCUT2D eigenvalue weighted by molar-refractivity contribution is 7.99. The van der Waals surface area contributed by atoms with E-state index in [2.05, 4.69) is 19.9 Å². The van der Waals surface area contributed by atoms with Gasteiger partial charge in [0.15, 0.2) is 5.65 Å². The van der Waals surface area contributed by atoms with Gasteiger partial charge in [0, 0.05) is 12.0 Å². The Hall–Kier alpha value is -2.99. The second-order valence-electron chi connectivity index (χ2n) is 6.80. The Labute approximate surface area is 157 Å². The summed E-state index contributed by atoms with van der Waals surface area (Å²) in [6.45, 7) is 0. The van der Waals surface area contributed by atoms with Gasteiger partial charge in [0.1, 0.15) is 33.0 Å². The lowest BCUT2D eigenvalue weighted by atomic mass is 10.3. The summed E-state index contributed by atoms with van der Waals surface area (Å²) in [6, 6.07) is 7.22. The summed E-state index contributed by atoms with van der Waals surface area (Å²) in [5.74, 6) is 0.940. The van der Waals surface area contributed by atoms with Gasteiger partial charge in [0.2, 0.25) is 0 Å². The van der Waals surface area contributed by atoms with Gasteiger partial charge in [-0.2, -0.15) is 5.26 Å². The standard InChI is InChI=1S/C18H14N6O2S/c19-8-10-2-1-3-12(20-10)27-17-13-15(21-14(22-17)9-4-5-9)24(11-6-7-11)18(26)23-16(13)25/h1-3,9,11H,4-7H2,(H,23,25,26). The highest BCUT2D eigenvalue weighted by Gasteiger charge is 2.32. The van der Waals surface area contributed by atoms with Crippen molar-refractivity contribution in [1.29, 1.82) is 5.26 Å². The van der Waals surface area contributed by atoms with Crippen LogP contribution < -0.4 is 11.2 Å². The van der Waals surface area contributed by atoms with E-state index in [4.69, 9.17) is 5.26 Å². The Morgan fingerprint density at radius 1 is 1.15 bits per heavy atom. The molecule has 0 atom stereocenters. The van der Waals surface area contributed by atoms with E-state index in [9.17, 15) is 9.59 Å². The first-order chi connectivity index (χ1) is 13.1. The molecule has 27 heavy (non-hydrogen) atoms. The average molecular weight is 378 g/mol. The summed E-state index contributed by atoms with van der Waals surface area (Å²) in [7, 11) is 0. The molecule has 3 aromatic rings. The Kier molecular flexibility index (Phi) is 3.62. The Bertz CT molecular complexity index is 1230. The minimum atomic E-state index is -0.492. The fraction of sp³-hybridized carbons (Fsp3) is 0.333. The third-order valence-corrected chi connectivity index (χ3v) is 5.59. The van der Waals surface area contributed by atoms with Crippen molar-refractivity contribution in [1.82, 2.24) is 24.5 Å². The molecule has 0 spiro atoms. The largest absolute Gasteiger partial charge is 0.330 e. The van der Waals surface area contributed by atoms with E-state index in [1.165, 1.54) is 11.8 Å². The lowest BCUT2D eigenvalue weighted by Gasteiger charge is -2.11. The number of aromatic nitrogens is 5. The predicted octanol–water partition coefficient (Wildman–Crippen LogP) is 2.11. The lowest BCUT2D eigenvalue weighted by molar-refractivity contribution is 0.691. The van der Waals surface area contributed by atoms with E-state index >= 15 is 0 Å². The van der Waals surface area contributed by atoms with E-state index in [1.54, 1.807) is 22.8 Å². The number of pyridine rings is 1. The van der Waals surface area contributed by atoms with Crippen LogP contribution in [0.3, 0.4) is 0 Å². The third-order valence-electron chi connectivity index (χ3n) is 4.66. The molecule has 2 fully saturated rings. The maximum atomic E-state index is 12.6. The fourth-order valence-electron chi connectivity index (χ4n) is 3.04. The van der Waals surface area contributed by atoms with Crippen molar-refractivity contribution in [2.24, 2.45) is 0 Å². The van der Waals surface area contributed by atoms with Gasteiger partial charge in [-0.3, -0.25) is 14.3 Å². The normalized spacial score (nSPS) is 16.4. The van der Waals surface area contributed by atoms with Crippen molar-refractivity contribution >= 4 is 22.8 Å². The number of nitrogens with zero attached hydrogens (tertiary/aromatic N) is 5. The van der Waals surface area contributed by atoms with Crippen LogP contribution in [0.4, 0.5) is 0 Å². The Morgan fingerprint density at radius 2 is 1.96 bits per heavy atom. The summed E-state index contributed by atoms with van der Waals surface area (Å²) < 4.78 is 1.59. The number of fused-ring (bicyclic) bond motifs is 1. The molecule has 0 bridgehead atoms. The summed E-state index contributed by atoms with van der Waals surface area (Å²) in [4.78, 5) is 40.9. The van der Waals surface area contributed by atoms with Crippen molar-refractivity contribution in [3.05, 3.63) is 50.6 Å². The third kappa shape index (κ3) is 2.92. The van der Waals surface area contributed by atoms with E-state index in [-0.39, 0.29) is 12.0 Å². The van der Waals surface area contributed by atoms with Crippen LogP contribution in [0.5, 0.6) is 0 Å². The summed E-state index contributed by atoms with van der Waals surface area (Å²) in [5.41, 5.74) is -0.212. The minimum absolute atomic E-state index is 0.0803. The van der Waals surface area contributed by atoms with Crippen LogP contribution in [-0.2, 0) is 0 Å². The van der Waals surface area contributed by atoms with Gasteiger partial charge in [0.05, 0.1) is 0 Å². The number of hydrogen-bond acceptors (Lipinski definition) is 7. The summed E-state index contributed by atoms with van der Waals surface area (Å²) in [6.07, 6.45) is 3.82. The van der Waals surface area contributed by atoms with Gasteiger partial charge in [-0.05, 0) is 49.6 Å². The monoisotopic (exact) mass is 378 g/mol. The molecule has 0 aliphatic heterocycles. The van der Waals surface area contributed by atoms with Crippen LogP contribution in [0, 0.1) is 11.3 Å². The minimum Gasteiger partial charge on any atom is -0.274 e. The van der Waals surface area contributed by atoms with Gasteiger partial charge in [-0.25, -0.2) is 19.7 Å². The smallest absolute Gasteiger partial charge is 0.274 e. The van der Waals surface area contributed by atoms with E-state index in [1.807, 2.05) is 6.07 Å². The molecule has 3 aromatic heterocycles. The van der Waals surface area contributed by atoms with Crippen LogP contribution in [0.25, 0.3) is 11.0 Å². The molecule has 2 aliphatic carbocycles. The number of aromatic amines is 1. The van der Waals surface area contributed by atoms with Crippen LogP contribution in [-0.4, -0.2) is 24.5 Å². The molecule has 2 saturated carbocycles. The molecular weight excluding hydrogens is 364 g/mol. The second-order valence-corrected chi connectivity index (χ2v) is 7.80. The first-order valence-corrected chi connectivity index (χ1v) is 9.57. The van der Waals surface area contributed by atoms with Crippen molar-refractivity contribution in [2.45, 2.75) is 47.7 Å². The SMILES string of the molecule is N#Cc1cccc(Sc2nc(C3CC3)nc3c2c(=O)[nH]c(=O)n3C2CC2)n1. The van der Waals surface area contributed by atoms with Crippen LogP contribution in [0.2, 0.25) is 0 Å². The number of nitrogens with one attached hydrogen (secondary N) is 1. The molecule has 5 rings (SSSR count). The zero-order valence-corrected chi connectivity index (χ0v) is 15.0. The maximum Gasteiger partial charge on any atom is 0.330 e. The highest BCUT2D eigenvalue weighted by Crippen LogP contribution is 2.41. The molecule has 0 unspecified atom stereocenters. The van der Waals surface area contributed by atoms with Crippen LogP contribution in [0.1, 0.15) is 49.2 Å². The fourth-order valence-corrected chi connectivity index (χ4v) is 3.95. The Morgan fingerprint density at radius 3 is 2.67 bits per heavy atom. The molecule has 9 heteroatoms. The number of nitriles is 1. The zero-order valence-electron chi connectivity index (χ0n) is 14.2.